The molecular formula is C11H20N2. The van der Waals surface area contributed by atoms with Gasteiger partial charge in [0.1, 0.15) is 0 Å². The van der Waals surface area contributed by atoms with Gasteiger partial charge >= 0.3 is 0 Å². The van der Waals surface area contributed by atoms with Crippen LogP contribution in [0.25, 0.3) is 0 Å². The summed E-state index contributed by atoms with van der Waals surface area (Å²) >= 11 is 0. The monoisotopic (exact) mass is 180 g/mol. The highest BCUT2D eigenvalue weighted by atomic mass is 15.1. The van der Waals surface area contributed by atoms with E-state index in [0.29, 0.717) is 6.04 Å². The molecule has 1 unspecified atom stereocenters. The van der Waals surface area contributed by atoms with Crippen LogP contribution in [-0.2, 0) is 0 Å². The molecule has 1 fully saturated rings. The first kappa shape index (κ1) is 10.6. The molecule has 2 nitrogen and oxygen atoms in total. The van der Waals surface area contributed by atoms with E-state index in [4.69, 9.17) is 0 Å². The van der Waals surface area contributed by atoms with Gasteiger partial charge in [0.15, 0.2) is 0 Å². The number of nitrogens with zero attached hydrogens (tertiary/aromatic N) is 1. The molecule has 1 aliphatic heterocycles. The summed E-state index contributed by atoms with van der Waals surface area (Å²) in [5.41, 5.74) is 0. The molecule has 13 heavy (non-hydrogen) atoms. The highest BCUT2D eigenvalue weighted by Gasteiger charge is 2.15. The summed E-state index contributed by atoms with van der Waals surface area (Å²) in [5, 5.41) is 3.54. The van der Waals surface area contributed by atoms with Crippen LogP contribution in [0.5, 0.6) is 0 Å². The second-order valence-electron chi connectivity index (χ2n) is 3.73. The zero-order valence-electron chi connectivity index (χ0n) is 8.77. The summed E-state index contributed by atoms with van der Waals surface area (Å²) in [6.45, 7) is 5.39. The van der Waals surface area contributed by atoms with Crippen molar-refractivity contribution in [2.75, 3.05) is 26.7 Å². The minimum atomic E-state index is 0.692. The van der Waals surface area contributed by atoms with Crippen molar-refractivity contribution < 1.29 is 0 Å². The van der Waals surface area contributed by atoms with Gasteiger partial charge in [-0.3, -0.25) is 0 Å². The summed E-state index contributed by atoms with van der Waals surface area (Å²) in [5.74, 6) is 5.99. The summed E-state index contributed by atoms with van der Waals surface area (Å²) in [7, 11) is 2.19. The van der Waals surface area contributed by atoms with E-state index in [2.05, 4.69) is 29.1 Å². The normalized spacial score (nSPS) is 23.7. The second kappa shape index (κ2) is 6.01. The van der Waals surface area contributed by atoms with Crippen LogP contribution < -0.4 is 5.32 Å². The average Bonchev–Trinajstić information content (AvgIpc) is 2.13. The van der Waals surface area contributed by atoms with Crippen molar-refractivity contribution >= 4 is 0 Å². The van der Waals surface area contributed by atoms with E-state index in [9.17, 15) is 0 Å². The molecule has 0 saturated carbocycles. The van der Waals surface area contributed by atoms with Crippen LogP contribution in [0.3, 0.4) is 0 Å². The zero-order chi connectivity index (χ0) is 9.52. The van der Waals surface area contributed by atoms with Crippen LogP contribution in [0.2, 0.25) is 0 Å². The fourth-order valence-electron chi connectivity index (χ4n) is 1.80. The lowest BCUT2D eigenvalue weighted by Crippen LogP contribution is -2.44. The smallest absolute Gasteiger partial charge is 0.0214 e. The van der Waals surface area contributed by atoms with Gasteiger partial charge in [-0.25, -0.2) is 0 Å². The minimum absolute atomic E-state index is 0.692. The summed E-state index contributed by atoms with van der Waals surface area (Å²) in [6, 6.07) is 0.692. The molecule has 0 aromatic heterocycles. The Kier molecular flexibility index (Phi) is 4.88. The lowest BCUT2D eigenvalue weighted by atomic mass is 10.1. The number of piperidine rings is 1. The van der Waals surface area contributed by atoms with Crippen molar-refractivity contribution in [3.05, 3.63) is 0 Å². The number of rotatable bonds is 3. The van der Waals surface area contributed by atoms with Crippen molar-refractivity contribution in [1.82, 2.24) is 10.2 Å². The van der Waals surface area contributed by atoms with Crippen molar-refractivity contribution in [3.8, 4) is 11.8 Å². The Hall–Kier alpha value is -0.520. The van der Waals surface area contributed by atoms with Gasteiger partial charge in [-0.2, -0.15) is 0 Å². The van der Waals surface area contributed by atoms with Gasteiger partial charge in [-0.05, 0) is 33.4 Å². The lowest BCUT2D eigenvalue weighted by molar-refractivity contribution is 0.228. The fraction of sp³-hybridized carbons (Fsp3) is 0.818. The highest BCUT2D eigenvalue weighted by Crippen LogP contribution is 2.07. The van der Waals surface area contributed by atoms with Gasteiger partial charge in [0.2, 0.25) is 0 Å². The Balaban J connectivity index is 2.08. The predicted octanol–water partition coefficient (Wildman–Crippen LogP) is 1.08. The SMILES string of the molecule is CC#CCCNC1CCCN(C)C1. The maximum absolute atomic E-state index is 3.54. The van der Waals surface area contributed by atoms with E-state index in [-0.39, 0.29) is 0 Å². The minimum Gasteiger partial charge on any atom is -0.312 e. The molecule has 0 aliphatic carbocycles. The van der Waals surface area contributed by atoms with E-state index in [1.54, 1.807) is 0 Å². The van der Waals surface area contributed by atoms with Crippen LogP contribution in [0.4, 0.5) is 0 Å². The molecule has 0 bridgehead atoms. The summed E-state index contributed by atoms with van der Waals surface area (Å²) in [6.07, 6.45) is 3.63. The standard InChI is InChI=1S/C11H20N2/c1-3-4-5-8-12-11-7-6-9-13(2)10-11/h11-12H,5-10H2,1-2H3. The molecule has 0 aromatic rings. The maximum Gasteiger partial charge on any atom is 0.0214 e. The van der Waals surface area contributed by atoms with Crippen LogP contribution in [0, 0.1) is 11.8 Å². The maximum atomic E-state index is 3.54. The number of hydrogen-bond donors (Lipinski definition) is 1. The Labute approximate surface area is 81.7 Å². The zero-order valence-corrected chi connectivity index (χ0v) is 8.77. The summed E-state index contributed by atoms with van der Waals surface area (Å²) < 4.78 is 0. The molecule has 0 spiro atoms. The molecule has 0 radical (unpaired) electrons. The second-order valence-corrected chi connectivity index (χ2v) is 3.73. The number of nitrogens with one attached hydrogen (secondary N) is 1. The summed E-state index contributed by atoms with van der Waals surface area (Å²) in [4.78, 5) is 2.40. The van der Waals surface area contributed by atoms with Crippen LogP contribution in [0.1, 0.15) is 26.2 Å². The van der Waals surface area contributed by atoms with Crippen molar-refractivity contribution in [2.24, 2.45) is 0 Å². The first-order chi connectivity index (χ1) is 6.33. The van der Waals surface area contributed by atoms with Gasteiger partial charge in [0.05, 0.1) is 0 Å². The van der Waals surface area contributed by atoms with Crippen LogP contribution in [-0.4, -0.2) is 37.6 Å². The lowest BCUT2D eigenvalue weighted by Gasteiger charge is -2.30. The van der Waals surface area contributed by atoms with Crippen LogP contribution in [0.15, 0.2) is 0 Å². The molecule has 2 heteroatoms. The van der Waals surface area contributed by atoms with Gasteiger partial charge in [-0.15, -0.1) is 11.8 Å². The molecule has 74 valence electrons. The van der Waals surface area contributed by atoms with E-state index in [0.717, 1.165) is 13.0 Å². The topological polar surface area (TPSA) is 15.3 Å². The highest BCUT2D eigenvalue weighted by molar-refractivity contribution is 4.95. The molecule has 1 heterocycles. The quantitative estimate of drug-likeness (QED) is 0.516. The number of likely N-dealkylation sites (N-methyl/N-ethyl adjacent to an activating group) is 1. The predicted molar refractivity (Wildman–Crippen MR) is 56.6 cm³/mol. The molecule has 1 N–H and O–H groups in total. The first-order valence-corrected chi connectivity index (χ1v) is 5.14. The van der Waals surface area contributed by atoms with E-state index >= 15 is 0 Å². The average molecular weight is 180 g/mol. The first-order valence-electron chi connectivity index (χ1n) is 5.14. The van der Waals surface area contributed by atoms with Crippen molar-refractivity contribution in [3.63, 3.8) is 0 Å². The molecule has 1 atom stereocenters. The molecule has 1 aliphatic rings. The van der Waals surface area contributed by atoms with Gasteiger partial charge in [0.25, 0.3) is 0 Å². The number of likely N-dealkylation sites (tertiary alicyclic amines) is 1. The Morgan fingerprint density at radius 1 is 1.54 bits per heavy atom. The van der Waals surface area contributed by atoms with E-state index in [1.165, 1.54) is 25.9 Å². The third-order valence-corrected chi connectivity index (χ3v) is 2.48. The molecule has 1 saturated heterocycles. The largest absolute Gasteiger partial charge is 0.312 e. The fourth-order valence-corrected chi connectivity index (χ4v) is 1.80. The van der Waals surface area contributed by atoms with Gasteiger partial charge in [0, 0.05) is 25.6 Å². The Bertz CT molecular complexity index is 190. The van der Waals surface area contributed by atoms with Gasteiger partial charge < -0.3 is 10.2 Å². The Morgan fingerprint density at radius 2 is 2.38 bits per heavy atom. The van der Waals surface area contributed by atoms with Crippen molar-refractivity contribution in [1.29, 1.82) is 0 Å². The third-order valence-electron chi connectivity index (χ3n) is 2.48. The molecule has 0 amide bonds. The van der Waals surface area contributed by atoms with Crippen LogP contribution >= 0.6 is 0 Å². The third kappa shape index (κ3) is 4.31. The molecular weight excluding hydrogens is 160 g/mol. The van der Waals surface area contributed by atoms with E-state index in [1.807, 2.05) is 6.92 Å². The molecule has 1 rings (SSSR count). The van der Waals surface area contributed by atoms with Gasteiger partial charge in [-0.1, -0.05) is 0 Å². The Morgan fingerprint density at radius 3 is 3.08 bits per heavy atom. The van der Waals surface area contributed by atoms with Crippen molar-refractivity contribution in [2.45, 2.75) is 32.2 Å². The number of hydrogen-bond acceptors (Lipinski definition) is 2. The van der Waals surface area contributed by atoms with E-state index < -0.39 is 0 Å². The molecule has 0 aromatic carbocycles.